The molecule has 0 aromatic rings. The molecule has 1 aliphatic rings. The second kappa shape index (κ2) is 8.30. The number of Topliss-reactive ketones (excluding diaryl/α,β-unsaturated/α-hetero) is 2. The predicted molar refractivity (Wildman–Crippen MR) is 80.7 cm³/mol. The van der Waals surface area contributed by atoms with Crippen molar-refractivity contribution in [2.24, 2.45) is 23.7 Å². The Hall–Kier alpha value is -1.19. The standard InChI is InChI=1S/C17H28O4/c1-5-8-11-12(9-6-2)15(18)13(10-7-3)16(19)14(11)17(20)21-4/h11-14H,5-10H2,1-4H3. The van der Waals surface area contributed by atoms with E-state index in [1.807, 2.05) is 20.8 Å². The van der Waals surface area contributed by atoms with Gasteiger partial charge in [0.25, 0.3) is 0 Å². The van der Waals surface area contributed by atoms with Gasteiger partial charge < -0.3 is 4.74 Å². The number of carbonyl (C=O) groups excluding carboxylic acids is 3. The monoisotopic (exact) mass is 296 g/mol. The normalized spacial score (nSPS) is 29.5. The van der Waals surface area contributed by atoms with Crippen LogP contribution in [0.2, 0.25) is 0 Å². The van der Waals surface area contributed by atoms with Gasteiger partial charge in [-0.3, -0.25) is 14.4 Å². The van der Waals surface area contributed by atoms with Crippen LogP contribution in [-0.4, -0.2) is 24.6 Å². The zero-order valence-corrected chi connectivity index (χ0v) is 13.7. The molecular formula is C17H28O4. The molecule has 1 aliphatic carbocycles. The molecule has 0 heterocycles. The van der Waals surface area contributed by atoms with Crippen LogP contribution in [0.5, 0.6) is 0 Å². The topological polar surface area (TPSA) is 60.4 Å². The summed E-state index contributed by atoms with van der Waals surface area (Å²) in [6.07, 6.45) is 4.54. The molecule has 0 spiro atoms. The highest BCUT2D eigenvalue weighted by Crippen LogP contribution is 2.40. The van der Waals surface area contributed by atoms with Crippen LogP contribution in [0.3, 0.4) is 0 Å². The minimum absolute atomic E-state index is 0.0577. The third kappa shape index (κ3) is 3.72. The van der Waals surface area contributed by atoms with E-state index in [1.54, 1.807) is 0 Å². The number of hydrogen-bond acceptors (Lipinski definition) is 4. The second-order valence-electron chi connectivity index (χ2n) is 5.99. The number of methoxy groups -OCH3 is 1. The molecule has 0 aromatic carbocycles. The van der Waals surface area contributed by atoms with Crippen molar-refractivity contribution in [3.63, 3.8) is 0 Å². The Morgan fingerprint density at radius 2 is 1.52 bits per heavy atom. The molecule has 4 unspecified atom stereocenters. The zero-order valence-electron chi connectivity index (χ0n) is 13.7. The summed E-state index contributed by atoms with van der Waals surface area (Å²) in [7, 11) is 1.32. The molecule has 1 rings (SSSR count). The summed E-state index contributed by atoms with van der Waals surface area (Å²) in [6.45, 7) is 6.01. The fraction of sp³-hybridized carbons (Fsp3) is 0.824. The molecule has 0 bridgehead atoms. The van der Waals surface area contributed by atoms with E-state index in [4.69, 9.17) is 4.74 Å². The Labute approximate surface area is 127 Å². The van der Waals surface area contributed by atoms with Crippen molar-refractivity contribution >= 4 is 17.5 Å². The zero-order chi connectivity index (χ0) is 16.0. The van der Waals surface area contributed by atoms with E-state index in [0.717, 1.165) is 32.1 Å². The van der Waals surface area contributed by atoms with Gasteiger partial charge >= 0.3 is 5.97 Å². The maximum Gasteiger partial charge on any atom is 0.316 e. The number of ketones is 2. The van der Waals surface area contributed by atoms with Crippen molar-refractivity contribution in [3.8, 4) is 0 Å². The average Bonchev–Trinajstić information content (AvgIpc) is 2.47. The molecule has 120 valence electrons. The lowest BCUT2D eigenvalue weighted by molar-refractivity contribution is -0.160. The minimum atomic E-state index is -0.749. The van der Waals surface area contributed by atoms with Crippen LogP contribution < -0.4 is 0 Å². The molecule has 0 radical (unpaired) electrons. The van der Waals surface area contributed by atoms with Crippen LogP contribution in [0.4, 0.5) is 0 Å². The first kappa shape index (κ1) is 17.9. The first-order valence-corrected chi connectivity index (χ1v) is 8.18. The Bertz CT molecular complexity index is 388. The van der Waals surface area contributed by atoms with Crippen LogP contribution in [0.25, 0.3) is 0 Å². The molecule has 0 aliphatic heterocycles. The summed E-state index contributed by atoms with van der Waals surface area (Å²) < 4.78 is 4.85. The molecule has 0 amide bonds. The first-order valence-electron chi connectivity index (χ1n) is 8.18. The third-order valence-electron chi connectivity index (χ3n) is 4.56. The highest BCUT2D eigenvalue weighted by atomic mass is 16.5. The summed E-state index contributed by atoms with van der Waals surface area (Å²) in [4.78, 5) is 37.4. The molecule has 0 aromatic heterocycles. The van der Waals surface area contributed by atoms with Crippen molar-refractivity contribution in [1.82, 2.24) is 0 Å². The lowest BCUT2D eigenvalue weighted by atomic mass is 9.62. The predicted octanol–water partition coefficient (Wildman–Crippen LogP) is 3.18. The van der Waals surface area contributed by atoms with Gasteiger partial charge in [-0.1, -0.05) is 40.0 Å². The Balaban J connectivity index is 3.18. The van der Waals surface area contributed by atoms with E-state index in [1.165, 1.54) is 7.11 Å². The van der Waals surface area contributed by atoms with Crippen molar-refractivity contribution in [2.45, 2.75) is 59.3 Å². The van der Waals surface area contributed by atoms with Crippen LogP contribution in [-0.2, 0) is 19.1 Å². The second-order valence-corrected chi connectivity index (χ2v) is 5.99. The Kier molecular flexibility index (Phi) is 7.06. The molecule has 1 saturated carbocycles. The van der Waals surface area contributed by atoms with E-state index < -0.39 is 17.8 Å². The molecule has 0 N–H and O–H groups in total. The van der Waals surface area contributed by atoms with Gasteiger partial charge in [0.05, 0.1) is 13.0 Å². The summed E-state index contributed by atoms with van der Waals surface area (Å²) in [5, 5.41) is 0. The van der Waals surface area contributed by atoms with Crippen LogP contribution in [0.15, 0.2) is 0 Å². The van der Waals surface area contributed by atoms with Crippen LogP contribution in [0, 0.1) is 23.7 Å². The van der Waals surface area contributed by atoms with Gasteiger partial charge in [-0.2, -0.15) is 0 Å². The number of carbonyl (C=O) groups is 3. The number of hydrogen-bond donors (Lipinski definition) is 0. The Morgan fingerprint density at radius 3 is 2.00 bits per heavy atom. The highest BCUT2D eigenvalue weighted by Gasteiger charge is 2.51. The quantitative estimate of drug-likeness (QED) is 0.535. The van der Waals surface area contributed by atoms with Crippen molar-refractivity contribution in [3.05, 3.63) is 0 Å². The number of ether oxygens (including phenoxy) is 1. The van der Waals surface area contributed by atoms with Gasteiger partial charge in [0.2, 0.25) is 0 Å². The maximum absolute atomic E-state index is 12.7. The van der Waals surface area contributed by atoms with Gasteiger partial charge in [0.1, 0.15) is 11.7 Å². The van der Waals surface area contributed by atoms with Gasteiger partial charge in [0, 0.05) is 5.92 Å². The lowest BCUT2D eigenvalue weighted by Crippen LogP contribution is -2.50. The fourth-order valence-electron chi connectivity index (χ4n) is 3.63. The fourth-order valence-corrected chi connectivity index (χ4v) is 3.63. The average molecular weight is 296 g/mol. The summed E-state index contributed by atoms with van der Waals surface area (Å²) in [6, 6.07) is 0. The highest BCUT2D eigenvalue weighted by molar-refractivity contribution is 6.13. The van der Waals surface area contributed by atoms with E-state index in [0.29, 0.717) is 6.42 Å². The summed E-state index contributed by atoms with van der Waals surface area (Å²) in [5.41, 5.74) is 0. The molecular weight excluding hydrogens is 268 g/mol. The SMILES string of the molecule is CCCC1C(=O)C(CCC)C(CCC)C(C(=O)OC)C1=O. The van der Waals surface area contributed by atoms with Crippen LogP contribution in [0.1, 0.15) is 59.3 Å². The Morgan fingerprint density at radius 1 is 0.952 bits per heavy atom. The first-order chi connectivity index (χ1) is 10.0. The van der Waals surface area contributed by atoms with E-state index in [9.17, 15) is 14.4 Å². The molecule has 1 fully saturated rings. The van der Waals surface area contributed by atoms with Crippen molar-refractivity contribution in [1.29, 1.82) is 0 Å². The summed E-state index contributed by atoms with van der Waals surface area (Å²) >= 11 is 0. The van der Waals surface area contributed by atoms with Gasteiger partial charge in [-0.15, -0.1) is 0 Å². The molecule has 0 saturated heterocycles. The van der Waals surface area contributed by atoms with E-state index in [2.05, 4.69) is 0 Å². The van der Waals surface area contributed by atoms with E-state index in [-0.39, 0.29) is 23.4 Å². The third-order valence-corrected chi connectivity index (χ3v) is 4.56. The van der Waals surface area contributed by atoms with Crippen LogP contribution >= 0.6 is 0 Å². The molecule has 4 atom stereocenters. The molecule has 21 heavy (non-hydrogen) atoms. The van der Waals surface area contributed by atoms with Crippen molar-refractivity contribution < 1.29 is 19.1 Å². The molecule has 4 heteroatoms. The number of rotatable bonds is 7. The smallest absolute Gasteiger partial charge is 0.316 e. The van der Waals surface area contributed by atoms with Gasteiger partial charge in [-0.05, 0) is 25.2 Å². The van der Waals surface area contributed by atoms with Crippen molar-refractivity contribution in [2.75, 3.05) is 7.11 Å². The number of esters is 1. The van der Waals surface area contributed by atoms with Gasteiger partial charge in [0.15, 0.2) is 5.78 Å². The minimum Gasteiger partial charge on any atom is -0.468 e. The largest absolute Gasteiger partial charge is 0.468 e. The molecule has 4 nitrogen and oxygen atoms in total. The maximum atomic E-state index is 12.7. The van der Waals surface area contributed by atoms with E-state index >= 15 is 0 Å². The summed E-state index contributed by atoms with van der Waals surface area (Å²) in [5.74, 6) is -2.33. The van der Waals surface area contributed by atoms with Gasteiger partial charge in [-0.25, -0.2) is 0 Å². The lowest BCUT2D eigenvalue weighted by Gasteiger charge is -2.38.